The maximum Gasteiger partial charge on any atom is 0.319 e. The van der Waals surface area contributed by atoms with Crippen LogP contribution in [0.3, 0.4) is 0 Å². The lowest BCUT2D eigenvalue weighted by Crippen LogP contribution is -2.35. The van der Waals surface area contributed by atoms with E-state index in [1.54, 1.807) is 31.4 Å². The molecule has 5 heteroatoms. The number of carbonyl (C=O) groups is 1. The number of nitrogens with one attached hydrogen (secondary N) is 2. The second-order valence-electron chi connectivity index (χ2n) is 5.05. The summed E-state index contributed by atoms with van der Waals surface area (Å²) in [6, 6.07) is 14.7. The summed E-state index contributed by atoms with van der Waals surface area (Å²) < 4.78 is 10.7. The van der Waals surface area contributed by atoms with Crippen LogP contribution in [0.5, 0.6) is 11.5 Å². The van der Waals surface area contributed by atoms with Crippen LogP contribution in [0.1, 0.15) is 18.0 Å². The standard InChI is InChI=1S/C17H18N2O3/c1-21-13-8-6-12(7-9-13)18-17(20)19-15-10-11-22-16-5-3-2-4-14(15)16/h2-9,15H,10-11H2,1H3,(H2,18,19,20). The van der Waals surface area contributed by atoms with Crippen molar-refractivity contribution in [2.75, 3.05) is 19.0 Å². The molecule has 1 heterocycles. The molecule has 0 saturated carbocycles. The lowest BCUT2D eigenvalue weighted by molar-refractivity contribution is 0.232. The number of fused-ring (bicyclic) bond motifs is 1. The van der Waals surface area contributed by atoms with E-state index in [1.807, 2.05) is 24.3 Å². The second-order valence-corrected chi connectivity index (χ2v) is 5.05. The molecule has 2 N–H and O–H groups in total. The molecule has 0 saturated heterocycles. The first kappa shape index (κ1) is 14.3. The molecular weight excluding hydrogens is 280 g/mol. The molecule has 22 heavy (non-hydrogen) atoms. The minimum atomic E-state index is -0.230. The maximum atomic E-state index is 12.2. The number of benzene rings is 2. The normalized spacial score (nSPS) is 16.1. The van der Waals surface area contributed by atoms with Crippen LogP contribution in [-0.2, 0) is 0 Å². The molecule has 1 aliphatic rings. The summed E-state index contributed by atoms with van der Waals surface area (Å²) in [5.41, 5.74) is 1.73. The molecule has 1 unspecified atom stereocenters. The van der Waals surface area contributed by atoms with E-state index >= 15 is 0 Å². The van der Waals surface area contributed by atoms with Gasteiger partial charge in [-0.15, -0.1) is 0 Å². The Morgan fingerprint density at radius 2 is 1.95 bits per heavy atom. The van der Waals surface area contributed by atoms with Crippen LogP contribution in [0.2, 0.25) is 0 Å². The van der Waals surface area contributed by atoms with Gasteiger partial charge in [0, 0.05) is 17.7 Å². The highest BCUT2D eigenvalue weighted by molar-refractivity contribution is 5.89. The molecule has 0 fully saturated rings. The van der Waals surface area contributed by atoms with Crippen LogP contribution in [-0.4, -0.2) is 19.7 Å². The number of hydrogen-bond acceptors (Lipinski definition) is 3. The van der Waals surface area contributed by atoms with Crippen molar-refractivity contribution in [2.45, 2.75) is 12.5 Å². The van der Waals surface area contributed by atoms with Gasteiger partial charge >= 0.3 is 6.03 Å². The van der Waals surface area contributed by atoms with E-state index < -0.39 is 0 Å². The van der Waals surface area contributed by atoms with Gasteiger partial charge in [0.1, 0.15) is 11.5 Å². The smallest absolute Gasteiger partial charge is 0.319 e. The largest absolute Gasteiger partial charge is 0.497 e. The van der Waals surface area contributed by atoms with Crippen LogP contribution in [0.4, 0.5) is 10.5 Å². The van der Waals surface area contributed by atoms with Gasteiger partial charge < -0.3 is 20.1 Å². The number of ether oxygens (including phenoxy) is 2. The van der Waals surface area contributed by atoms with Gasteiger partial charge in [0.15, 0.2) is 0 Å². The Morgan fingerprint density at radius 3 is 2.73 bits per heavy atom. The monoisotopic (exact) mass is 298 g/mol. The molecule has 3 rings (SSSR count). The van der Waals surface area contributed by atoms with E-state index in [4.69, 9.17) is 9.47 Å². The lowest BCUT2D eigenvalue weighted by atomic mass is 10.0. The van der Waals surface area contributed by atoms with Gasteiger partial charge in [0.2, 0.25) is 0 Å². The molecule has 2 aromatic carbocycles. The quantitative estimate of drug-likeness (QED) is 0.913. The summed E-state index contributed by atoms with van der Waals surface area (Å²) in [6.07, 6.45) is 0.757. The van der Waals surface area contributed by atoms with Crippen molar-refractivity contribution in [1.29, 1.82) is 0 Å². The highest BCUT2D eigenvalue weighted by atomic mass is 16.5. The third-order valence-electron chi connectivity index (χ3n) is 3.61. The van der Waals surface area contributed by atoms with Crippen molar-refractivity contribution >= 4 is 11.7 Å². The predicted molar refractivity (Wildman–Crippen MR) is 84.4 cm³/mol. The molecule has 1 aliphatic heterocycles. The lowest BCUT2D eigenvalue weighted by Gasteiger charge is -2.26. The number of hydrogen-bond donors (Lipinski definition) is 2. The van der Waals surface area contributed by atoms with E-state index in [0.717, 1.165) is 29.2 Å². The molecule has 0 aromatic heterocycles. The maximum absolute atomic E-state index is 12.2. The second kappa shape index (κ2) is 6.39. The first-order chi connectivity index (χ1) is 10.8. The molecule has 2 amide bonds. The zero-order chi connectivity index (χ0) is 15.4. The summed E-state index contributed by atoms with van der Waals surface area (Å²) >= 11 is 0. The van der Waals surface area contributed by atoms with Crippen LogP contribution in [0.15, 0.2) is 48.5 Å². The number of urea groups is 1. The number of para-hydroxylation sites is 1. The summed E-state index contributed by atoms with van der Waals surface area (Å²) in [4.78, 5) is 12.2. The van der Waals surface area contributed by atoms with Crippen molar-refractivity contribution < 1.29 is 14.3 Å². The van der Waals surface area contributed by atoms with E-state index in [1.165, 1.54) is 0 Å². The zero-order valence-electron chi connectivity index (χ0n) is 12.3. The molecule has 1 atom stereocenters. The molecule has 0 spiro atoms. The summed E-state index contributed by atoms with van der Waals surface area (Å²) in [5.74, 6) is 1.59. The van der Waals surface area contributed by atoms with Gasteiger partial charge in [-0.1, -0.05) is 18.2 Å². The van der Waals surface area contributed by atoms with Crippen molar-refractivity contribution in [1.82, 2.24) is 5.32 Å². The predicted octanol–water partition coefficient (Wildman–Crippen LogP) is 3.34. The van der Waals surface area contributed by atoms with E-state index in [-0.39, 0.29) is 12.1 Å². The van der Waals surface area contributed by atoms with Gasteiger partial charge in [0.25, 0.3) is 0 Å². The Balaban J connectivity index is 1.65. The Morgan fingerprint density at radius 1 is 1.18 bits per heavy atom. The fourth-order valence-electron chi connectivity index (χ4n) is 2.49. The Kier molecular flexibility index (Phi) is 4.14. The number of anilines is 1. The van der Waals surface area contributed by atoms with Crippen LogP contribution < -0.4 is 20.1 Å². The molecule has 5 nitrogen and oxygen atoms in total. The number of rotatable bonds is 3. The van der Waals surface area contributed by atoms with Crippen LogP contribution in [0, 0.1) is 0 Å². The third-order valence-corrected chi connectivity index (χ3v) is 3.61. The molecule has 114 valence electrons. The van der Waals surface area contributed by atoms with Crippen LogP contribution >= 0.6 is 0 Å². The van der Waals surface area contributed by atoms with Gasteiger partial charge in [0.05, 0.1) is 19.8 Å². The van der Waals surface area contributed by atoms with Crippen molar-refractivity contribution in [2.24, 2.45) is 0 Å². The molecule has 0 radical (unpaired) electrons. The Hall–Kier alpha value is -2.69. The van der Waals surface area contributed by atoms with E-state index in [2.05, 4.69) is 10.6 Å². The number of carbonyl (C=O) groups excluding carboxylic acids is 1. The fraction of sp³-hybridized carbons (Fsp3) is 0.235. The number of methoxy groups -OCH3 is 1. The number of amides is 2. The van der Waals surface area contributed by atoms with Crippen LogP contribution in [0.25, 0.3) is 0 Å². The third kappa shape index (κ3) is 3.14. The van der Waals surface area contributed by atoms with Crippen molar-refractivity contribution in [3.63, 3.8) is 0 Å². The minimum absolute atomic E-state index is 0.0387. The minimum Gasteiger partial charge on any atom is -0.497 e. The Labute approximate surface area is 129 Å². The van der Waals surface area contributed by atoms with Gasteiger partial charge in [-0.2, -0.15) is 0 Å². The highest BCUT2D eigenvalue weighted by Gasteiger charge is 2.22. The Bertz CT molecular complexity index is 655. The van der Waals surface area contributed by atoms with Gasteiger partial charge in [-0.3, -0.25) is 0 Å². The first-order valence-corrected chi connectivity index (χ1v) is 7.19. The SMILES string of the molecule is COc1ccc(NC(=O)NC2CCOc3ccccc32)cc1. The highest BCUT2D eigenvalue weighted by Crippen LogP contribution is 2.31. The summed E-state index contributed by atoms with van der Waals surface area (Å²) in [6.45, 7) is 0.602. The van der Waals surface area contributed by atoms with E-state index in [0.29, 0.717) is 6.61 Å². The average Bonchev–Trinajstić information content (AvgIpc) is 2.56. The molecule has 0 aliphatic carbocycles. The molecular formula is C17H18N2O3. The summed E-state index contributed by atoms with van der Waals surface area (Å²) in [7, 11) is 1.61. The topological polar surface area (TPSA) is 59.6 Å². The van der Waals surface area contributed by atoms with Crippen molar-refractivity contribution in [3.05, 3.63) is 54.1 Å². The van der Waals surface area contributed by atoms with Gasteiger partial charge in [-0.05, 0) is 30.3 Å². The van der Waals surface area contributed by atoms with Gasteiger partial charge in [-0.25, -0.2) is 4.79 Å². The average molecular weight is 298 g/mol. The molecule has 2 aromatic rings. The van der Waals surface area contributed by atoms with Crippen molar-refractivity contribution in [3.8, 4) is 11.5 Å². The first-order valence-electron chi connectivity index (χ1n) is 7.19. The van der Waals surface area contributed by atoms with E-state index in [9.17, 15) is 4.79 Å². The zero-order valence-corrected chi connectivity index (χ0v) is 12.3. The molecule has 0 bridgehead atoms. The fourth-order valence-corrected chi connectivity index (χ4v) is 2.49. The summed E-state index contributed by atoms with van der Waals surface area (Å²) in [5, 5.41) is 5.82.